The Bertz CT molecular complexity index is 567. The highest BCUT2D eigenvalue weighted by Gasteiger charge is 2.28. The number of rotatable bonds is 6. The average molecular weight is 321 g/mol. The summed E-state index contributed by atoms with van der Waals surface area (Å²) in [5.41, 5.74) is 5.09. The maximum atomic E-state index is 12.5. The fourth-order valence-corrected chi connectivity index (χ4v) is 3.75. The van der Waals surface area contributed by atoms with Gasteiger partial charge in [0.2, 0.25) is 10.0 Å². The molecule has 1 aromatic carbocycles. The summed E-state index contributed by atoms with van der Waals surface area (Å²) in [4.78, 5) is 0.103. The number of nitrogens with zero attached hydrogens (tertiary/aromatic N) is 1. The van der Waals surface area contributed by atoms with E-state index in [1.807, 2.05) is 0 Å². The third-order valence-electron chi connectivity index (χ3n) is 2.80. The molecule has 0 aromatic heterocycles. The molecule has 20 heavy (non-hydrogen) atoms. The quantitative estimate of drug-likeness (QED) is 0.833. The smallest absolute Gasteiger partial charge is 0.243 e. The molecule has 1 rings (SSSR count). The molecule has 0 atom stereocenters. The van der Waals surface area contributed by atoms with Crippen molar-refractivity contribution in [3.8, 4) is 0 Å². The molecule has 0 bridgehead atoms. The van der Waals surface area contributed by atoms with Gasteiger partial charge in [0, 0.05) is 24.7 Å². The Balaban J connectivity index is 3.17. The van der Waals surface area contributed by atoms with Gasteiger partial charge in [0.1, 0.15) is 0 Å². The molecule has 0 unspecified atom stereocenters. The molecule has 5 nitrogen and oxygen atoms in total. The molecule has 0 heterocycles. The molecular weight excluding hydrogens is 300 g/mol. The van der Waals surface area contributed by atoms with Crippen LogP contribution in [0.4, 0.5) is 0 Å². The van der Waals surface area contributed by atoms with E-state index in [4.69, 9.17) is 17.3 Å². The highest BCUT2D eigenvalue weighted by molar-refractivity contribution is 7.89. The van der Waals surface area contributed by atoms with Crippen molar-refractivity contribution in [3.63, 3.8) is 0 Å². The zero-order chi connectivity index (χ0) is 15.6. The molecule has 0 amide bonds. The van der Waals surface area contributed by atoms with Crippen LogP contribution in [0.5, 0.6) is 0 Å². The van der Waals surface area contributed by atoms with Crippen LogP contribution in [0.3, 0.4) is 0 Å². The van der Waals surface area contributed by atoms with E-state index in [2.05, 4.69) is 0 Å². The van der Waals surface area contributed by atoms with Crippen LogP contribution in [-0.4, -0.2) is 36.5 Å². The first-order valence-electron chi connectivity index (χ1n) is 6.33. The zero-order valence-corrected chi connectivity index (χ0v) is 13.5. The van der Waals surface area contributed by atoms with Gasteiger partial charge in [-0.15, -0.1) is 0 Å². The first-order valence-corrected chi connectivity index (χ1v) is 8.14. The predicted molar refractivity (Wildman–Crippen MR) is 80.1 cm³/mol. The average Bonchev–Trinajstić information content (AvgIpc) is 2.34. The number of sulfonamides is 1. The lowest BCUT2D eigenvalue weighted by atomic mass is 10.1. The Kier molecular flexibility index (Phi) is 5.57. The molecule has 114 valence electrons. The second-order valence-corrected chi connectivity index (χ2v) is 7.55. The SMILES string of the molecule is CCN(CC(C)(C)O)S(=O)(=O)c1ccc(CN)c(Cl)c1. The molecule has 0 saturated carbocycles. The van der Waals surface area contributed by atoms with Gasteiger partial charge >= 0.3 is 0 Å². The molecule has 3 N–H and O–H groups in total. The van der Waals surface area contributed by atoms with Crippen molar-refractivity contribution in [3.05, 3.63) is 28.8 Å². The normalized spacial score (nSPS) is 12.9. The summed E-state index contributed by atoms with van der Waals surface area (Å²) in [5, 5.41) is 10.1. The lowest BCUT2D eigenvalue weighted by Gasteiger charge is -2.27. The fourth-order valence-electron chi connectivity index (χ4n) is 1.80. The van der Waals surface area contributed by atoms with Gasteiger partial charge in [-0.3, -0.25) is 0 Å². The van der Waals surface area contributed by atoms with Crippen LogP contribution in [0, 0.1) is 0 Å². The van der Waals surface area contributed by atoms with Crippen molar-refractivity contribution in [2.45, 2.75) is 37.8 Å². The van der Waals surface area contributed by atoms with Crippen molar-refractivity contribution in [1.29, 1.82) is 0 Å². The molecule has 1 aromatic rings. The Morgan fingerprint density at radius 2 is 2.00 bits per heavy atom. The number of benzene rings is 1. The third-order valence-corrected chi connectivity index (χ3v) is 5.07. The van der Waals surface area contributed by atoms with E-state index in [1.165, 1.54) is 16.4 Å². The van der Waals surface area contributed by atoms with Crippen LogP contribution < -0.4 is 5.73 Å². The molecule has 0 fully saturated rings. The van der Waals surface area contributed by atoms with Crippen molar-refractivity contribution < 1.29 is 13.5 Å². The highest BCUT2D eigenvalue weighted by atomic mass is 35.5. The van der Waals surface area contributed by atoms with Gasteiger partial charge < -0.3 is 10.8 Å². The molecule has 0 aliphatic rings. The van der Waals surface area contributed by atoms with Gasteiger partial charge in [0.15, 0.2) is 0 Å². The van der Waals surface area contributed by atoms with Crippen molar-refractivity contribution in [1.82, 2.24) is 4.31 Å². The number of nitrogens with two attached hydrogens (primary N) is 1. The zero-order valence-electron chi connectivity index (χ0n) is 11.9. The van der Waals surface area contributed by atoms with Gasteiger partial charge in [-0.05, 0) is 31.5 Å². The molecule has 0 spiro atoms. The standard InChI is InChI=1S/C13H21ClN2O3S/c1-4-16(9-13(2,3)17)20(18,19)11-6-5-10(8-15)12(14)7-11/h5-7,17H,4,8-9,15H2,1-3H3. The second-order valence-electron chi connectivity index (χ2n) is 5.20. The maximum Gasteiger partial charge on any atom is 0.243 e. The van der Waals surface area contributed by atoms with Gasteiger partial charge in [-0.1, -0.05) is 24.6 Å². The number of likely N-dealkylation sites (N-methyl/N-ethyl adjacent to an activating group) is 1. The van der Waals surface area contributed by atoms with Crippen molar-refractivity contribution >= 4 is 21.6 Å². The van der Waals surface area contributed by atoms with Gasteiger partial charge in [0.05, 0.1) is 10.5 Å². The summed E-state index contributed by atoms with van der Waals surface area (Å²) < 4.78 is 26.3. The van der Waals surface area contributed by atoms with Crippen LogP contribution in [0.25, 0.3) is 0 Å². The molecule has 7 heteroatoms. The number of halogens is 1. The predicted octanol–water partition coefficient (Wildman–Crippen LogP) is 1.58. The minimum Gasteiger partial charge on any atom is -0.389 e. The summed E-state index contributed by atoms with van der Waals surface area (Å²) in [5.74, 6) is 0. The summed E-state index contributed by atoms with van der Waals surface area (Å²) in [6, 6.07) is 4.48. The summed E-state index contributed by atoms with van der Waals surface area (Å²) >= 11 is 6.00. The maximum absolute atomic E-state index is 12.5. The topological polar surface area (TPSA) is 83.6 Å². The van der Waals surface area contributed by atoms with Crippen molar-refractivity contribution in [2.24, 2.45) is 5.73 Å². The molecular formula is C13H21ClN2O3S. The first-order chi connectivity index (χ1) is 9.11. The van der Waals surface area contributed by atoms with E-state index in [0.717, 1.165) is 0 Å². The largest absolute Gasteiger partial charge is 0.389 e. The lowest BCUT2D eigenvalue weighted by molar-refractivity contribution is 0.0601. The fraction of sp³-hybridized carbons (Fsp3) is 0.538. The van der Waals surface area contributed by atoms with Crippen LogP contribution in [0.1, 0.15) is 26.3 Å². The molecule has 0 aliphatic heterocycles. The molecule has 0 aliphatic carbocycles. The lowest BCUT2D eigenvalue weighted by Crippen LogP contribution is -2.42. The highest BCUT2D eigenvalue weighted by Crippen LogP contribution is 2.24. The Morgan fingerprint density at radius 3 is 2.40 bits per heavy atom. The van der Waals surface area contributed by atoms with E-state index in [9.17, 15) is 13.5 Å². The second kappa shape index (κ2) is 6.41. The summed E-state index contributed by atoms with van der Waals surface area (Å²) in [6.07, 6.45) is 0. The Morgan fingerprint density at radius 1 is 1.40 bits per heavy atom. The van der Waals surface area contributed by atoms with Gasteiger partial charge in [-0.25, -0.2) is 8.42 Å². The van der Waals surface area contributed by atoms with E-state index >= 15 is 0 Å². The Hall–Kier alpha value is -0.660. The van der Waals surface area contributed by atoms with E-state index in [1.54, 1.807) is 26.8 Å². The van der Waals surface area contributed by atoms with Gasteiger partial charge in [-0.2, -0.15) is 4.31 Å². The number of hydrogen-bond acceptors (Lipinski definition) is 4. The first kappa shape index (κ1) is 17.4. The molecule has 0 radical (unpaired) electrons. The van der Waals surface area contributed by atoms with Crippen LogP contribution in [0.15, 0.2) is 23.1 Å². The van der Waals surface area contributed by atoms with E-state index in [0.29, 0.717) is 10.6 Å². The van der Waals surface area contributed by atoms with Crippen LogP contribution in [0.2, 0.25) is 5.02 Å². The minimum absolute atomic E-state index is 0.0160. The number of hydrogen-bond donors (Lipinski definition) is 2. The number of aliphatic hydroxyl groups is 1. The Labute approximate surface area is 125 Å². The van der Waals surface area contributed by atoms with Gasteiger partial charge in [0.25, 0.3) is 0 Å². The van der Waals surface area contributed by atoms with E-state index in [-0.39, 0.29) is 24.5 Å². The van der Waals surface area contributed by atoms with Crippen LogP contribution >= 0.6 is 11.6 Å². The van der Waals surface area contributed by atoms with Crippen molar-refractivity contribution in [2.75, 3.05) is 13.1 Å². The summed E-state index contributed by atoms with van der Waals surface area (Å²) in [7, 11) is -3.68. The molecule has 0 saturated heterocycles. The minimum atomic E-state index is -3.68. The van der Waals surface area contributed by atoms with Crippen LogP contribution in [-0.2, 0) is 16.6 Å². The summed E-state index contributed by atoms with van der Waals surface area (Å²) in [6.45, 7) is 5.38. The third kappa shape index (κ3) is 4.17. The monoisotopic (exact) mass is 320 g/mol. The van der Waals surface area contributed by atoms with E-state index < -0.39 is 15.6 Å².